The first-order chi connectivity index (χ1) is 11.5. The number of carbonyl (C=O) groups is 1. The predicted molar refractivity (Wildman–Crippen MR) is 95.3 cm³/mol. The molecule has 1 N–H and O–H groups in total. The molecule has 0 aliphatic carbocycles. The molecule has 0 saturated carbocycles. The average Bonchev–Trinajstić information content (AvgIpc) is 2.44. The van der Waals surface area contributed by atoms with Crippen molar-refractivity contribution in [2.45, 2.75) is 45.8 Å². The minimum absolute atomic E-state index is 0.175. The number of rotatable bonds is 8. The zero-order valence-electron chi connectivity index (χ0n) is 15.4. The molecule has 0 heterocycles. The van der Waals surface area contributed by atoms with Crippen molar-refractivity contribution < 1.29 is 26.9 Å². The van der Waals surface area contributed by atoms with Crippen LogP contribution in [0, 0.1) is 0 Å². The van der Waals surface area contributed by atoms with Gasteiger partial charge >= 0.3 is 6.09 Å². The van der Waals surface area contributed by atoms with Crippen LogP contribution in [-0.2, 0) is 25.5 Å². The molecular weight excluding hydrogens is 346 g/mol. The summed E-state index contributed by atoms with van der Waals surface area (Å²) in [5, 5.41) is 2.65. The van der Waals surface area contributed by atoms with Gasteiger partial charge in [0.1, 0.15) is 11.4 Å². The summed E-state index contributed by atoms with van der Waals surface area (Å²) >= 11 is 0. The molecule has 1 amide bonds. The van der Waals surface area contributed by atoms with Gasteiger partial charge in [0.2, 0.25) is 0 Å². The first kappa shape index (κ1) is 21.2. The molecule has 0 aromatic heterocycles. The molecule has 7 nitrogen and oxygen atoms in total. The summed E-state index contributed by atoms with van der Waals surface area (Å²) < 4.78 is 37.9. The number of nitrogens with one attached hydrogen (secondary N) is 1. The van der Waals surface area contributed by atoms with Crippen molar-refractivity contribution >= 4 is 16.2 Å². The van der Waals surface area contributed by atoms with Gasteiger partial charge in [0.15, 0.2) is 0 Å². The van der Waals surface area contributed by atoms with Crippen LogP contribution in [0.3, 0.4) is 0 Å². The van der Waals surface area contributed by atoms with Crippen LogP contribution in [0.25, 0.3) is 0 Å². The highest BCUT2D eigenvalue weighted by atomic mass is 32.2. The van der Waals surface area contributed by atoms with Gasteiger partial charge < -0.3 is 14.8 Å². The van der Waals surface area contributed by atoms with Crippen LogP contribution in [0.1, 0.15) is 33.3 Å². The number of hydrogen-bond donors (Lipinski definition) is 1. The van der Waals surface area contributed by atoms with Crippen molar-refractivity contribution in [1.82, 2.24) is 5.32 Å². The van der Waals surface area contributed by atoms with Gasteiger partial charge in [-0.2, -0.15) is 8.42 Å². The lowest BCUT2D eigenvalue weighted by molar-refractivity contribution is 0.0488. The summed E-state index contributed by atoms with van der Waals surface area (Å²) in [5.74, 6) is 0.746. The van der Waals surface area contributed by atoms with Crippen LogP contribution in [0.15, 0.2) is 24.3 Å². The standard InChI is InChI=1S/C17H27NO6S/c1-6-22-15-9-7-13(8-10-15)11-14(12-23-25(5,20)21)18-16(19)24-17(2,3)4/h7-10,14H,6,11-12H2,1-5H3,(H,18,19)/t14-/m0/s1. The Morgan fingerprint density at radius 1 is 1.20 bits per heavy atom. The largest absolute Gasteiger partial charge is 0.494 e. The van der Waals surface area contributed by atoms with Crippen molar-refractivity contribution in [3.8, 4) is 5.75 Å². The number of ether oxygens (including phenoxy) is 2. The quantitative estimate of drug-likeness (QED) is 0.704. The smallest absolute Gasteiger partial charge is 0.407 e. The van der Waals surface area contributed by atoms with Crippen LogP contribution in [0.5, 0.6) is 5.75 Å². The lowest BCUT2D eigenvalue weighted by Gasteiger charge is -2.23. The number of alkyl carbamates (subject to hydrolysis) is 1. The van der Waals surface area contributed by atoms with Crippen LogP contribution in [0.2, 0.25) is 0 Å². The molecule has 0 aliphatic heterocycles. The highest BCUT2D eigenvalue weighted by Crippen LogP contribution is 2.14. The molecule has 25 heavy (non-hydrogen) atoms. The van der Waals surface area contributed by atoms with Gasteiger partial charge in [-0.25, -0.2) is 4.79 Å². The zero-order chi connectivity index (χ0) is 19.1. The van der Waals surface area contributed by atoms with Gasteiger partial charge in [0.25, 0.3) is 10.1 Å². The van der Waals surface area contributed by atoms with E-state index in [1.54, 1.807) is 20.8 Å². The zero-order valence-corrected chi connectivity index (χ0v) is 16.2. The molecule has 1 atom stereocenters. The minimum atomic E-state index is -3.61. The molecule has 1 rings (SSSR count). The molecule has 1 aromatic rings. The Morgan fingerprint density at radius 2 is 1.80 bits per heavy atom. The summed E-state index contributed by atoms with van der Waals surface area (Å²) in [5.41, 5.74) is 0.257. The topological polar surface area (TPSA) is 90.9 Å². The molecule has 0 radical (unpaired) electrons. The molecule has 8 heteroatoms. The summed E-state index contributed by atoms with van der Waals surface area (Å²) in [7, 11) is -3.61. The van der Waals surface area contributed by atoms with Gasteiger partial charge in [-0.05, 0) is 51.8 Å². The average molecular weight is 373 g/mol. The Kier molecular flexibility index (Phi) is 7.69. The first-order valence-electron chi connectivity index (χ1n) is 8.04. The Morgan fingerprint density at radius 3 is 2.28 bits per heavy atom. The summed E-state index contributed by atoms with van der Waals surface area (Å²) in [6.07, 6.45) is 0.732. The van der Waals surface area contributed by atoms with Crippen LogP contribution in [0.4, 0.5) is 4.79 Å². The molecular formula is C17H27NO6S. The molecule has 0 unspecified atom stereocenters. The van der Waals surface area contributed by atoms with Gasteiger partial charge in [0, 0.05) is 0 Å². The highest BCUT2D eigenvalue weighted by Gasteiger charge is 2.21. The molecule has 0 fully saturated rings. The second-order valence-electron chi connectivity index (χ2n) is 6.61. The lowest BCUT2D eigenvalue weighted by atomic mass is 10.1. The second-order valence-corrected chi connectivity index (χ2v) is 8.26. The first-order valence-corrected chi connectivity index (χ1v) is 9.86. The third kappa shape index (κ3) is 9.93. The van der Waals surface area contributed by atoms with Crippen molar-refractivity contribution in [3.63, 3.8) is 0 Å². The van der Waals surface area contributed by atoms with Crippen LogP contribution in [-0.4, -0.2) is 45.6 Å². The van der Waals surface area contributed by atoms with E-state index < -0.39 is 27.9 Å². The van der Waals surface area contributed by atoms with E-state index in [-0.39, 0.29) is 6.61 Å². The van der Waals surface area contributed by atoms with Gasteiger partial charge in [0.05, 0.1) is 25.5 Å². The van der Waals surface area contributed by atoms with E-state index in [9.17, 15) is 13.2 Å². The van der Waals surface area contributed by atoms with Crippen molar-refractivity contribution in [3.05, 3.63) is 29.8 Å². The molecule has 1 aromatic carbocycles. The Balaban J connectivity index is 2.77. The Labute approximate surface area is 149 Å². The highest BCUT2D eigenvalue weighted by molar-refractivity contribution is 7.85. The maximum absolute atomic E-state index is 12.0. The molecule has 0 bridgehead atoms. The fourth-order valence-corrected chi connectivity index (χ4v) is 2.42. The van der Waals surface area contributed by atoms with Crippen molar-refractivity contribution in [2.24, 2.45) is 0 Å². The SMILES string of the molecule is CCOc1ccc(C[C@@H](COS(C)(=O)=O)NC(=O)OC(C)(C)C)cc1. The number of carbonyl (C=O) groups excluding carboxylic acids is 1. The van der Waals surface area contributed by atoms with Gasteiger partial charge in [-0.15, -0.1) is 0 Å². The summed E-state index contributed by atoms with van der Waals surface area (Å²) in [4.78, 5) is 12.0. The van der Waals surface area contributed by atoms with E-state index in [1.165, 1.54) is 0 Å². The van der Waals surface area contributed by atoms with Gasteiger partial charge in [-0.3, -0.25) is 4.18 Å². The predicted octanol–water partition coefficient (Wildman–Crippen LogP) is 2.50. The third-order valence-corrected chi connectivity index (χ3v) is 3.48. The van der Waals surface area contributed by atoms with Crippen molar-refractivity contribution in [2.75, 3.05) is 19.5 Å². The van der Waals surface area contributed by atoms with E-state index >= 15 is 0 Å². The fourth-order valence-electron chi connectivity index (χ4n) is 2.00. The Hall–Kier alpha value is -1.80. The number of hydrogen-bond acceptors (Lipinski definition) is 6. The van der Waals surface area contributed by atoms with Gasteiger partial charge in [-0.1, -0.05) is 12.1 Å². The van der Waals surface area contributed by atoms with E-state index in [0.29, 0.717) is 13.0 Å². The number of benzene rings is 1. The van der Waals surface area contributed by atoms with E-state index in [1.807, 2.05) is 31.2 Å². The maximum atomic E-state index is 12.0. The minimum Gasteiger partial charge on any atom is -0.494 e. The van der Waals surface area contributed by atoms with E-state index in [0.717, 1.165) is 17.6 Å². The van der Waals surface area contributed by atoms with Crippen molar-refractivity contribution in [1.29, 1.82) is 0 Å². The van der Waals surface area contributed by atoms with Crippen LogP contribution >= 0.6 is 0 Å². The van der Waals surface area contributed by atoms with E-state index in [2.05, 4.69) is 5.32 Å². The monoisotopic (exact) mass is 373 g/mol. The third-order valence-electron chi connectivity index (χ3n) is 2.92. The molecule has 142 valence electrons. The Bertz CT molecular complexity index is 649. The second kappa shape index (κ2) is 9.05. The lowest BCUT2D eigenvalue weighted by Crippen LogP contribution is -2.43. The molecule has 0 spiro atoms. The normalized spacial score (nSPS) is 13.2. The summed E-state index contributed by atoms with van der Waals surface area (Å²) in [6.45, 7) is 7.55. The summed E-state index contributed by atoms with van der Waals surface area (Å²) in [6, 6.07) is 6.80. The maximum Gasteiger partial charge on any atom is 0.407 e. The molecule has 0 aliphatic rings. The number of amides is 1. The molecule has 0 saturated heterocycles. The van der Waals surface area contributed by atoms with Crippen LogP contribution < -0.4 is 10.1 Å². The fraction of sp³-hybridized carbons (Fsp3) is 0.588. The van der Waals surface area contributed by atoms with E-state index in [4.69, 9.17) is 13.7 Å².